The van der Waals surface area contributed by atoms with Crippen LogP contribution >= 0.6 is 0 Å². The molecule has 1 amide bonds. The first-order chi connectivity index (χ1) is 9.08. The largest absolute Gasteiger partial charge is 0.399 e. The van der Waals surface area contributed by atoms with Crippen LogP contribution in [0.15, 0.2) is 36.5 Å². The molecule has 0 atom stereocenters. The van der Waals surface area contributed by atoms with E-state index in [1.807, 2.05) is 19.0 Å². The zero-order valence-corrected chi connectivity index (χ0v) is 10.8. The lowest BCUT2D eigenvalue weighted by Gasteiger charge is -2.17. The van der Waals surface area contributed by atoms with Gasteiger partial charge in [0.15, 0.2) is 5.82 Å². The first-order valence-corrected chi connectivity index (χ1v) is 5.74. The van der Waals surface area contributed by atoms with Gasteiger partial charge in [0.25, 0.3) is 5.91 Å². The fraction of sp³-hybridized carbons (Fsp3) is 0.154. The normalized spacial score (nSPS) is 10.0. The van der Waals surface area contributed by atoms with Gasteiger partial charge in [-0.05, 0) is 30.3 Å². The van der Waals surface area contributed by atoms with E-state index in [4.69, 9.17) is 5.73 Å². The lowest BCUT2D eigenvalue weighted by Crippen LogP contribution is -2.19. The van der Waals surface area contributed by atoms with Gasteiger partial charge in [0.1, 0.15) is 0 Å². The summed E-state index contributed by atoms with van der Waals surface area (Å²) in [5.74, 6) is 0.135. The summed E-state index contributed by atoms with van der Waals surface area (Å²) in [7, 11) is 3.73. The number of aromatic nitrogens is 2. The number of rotatable bonds is 3. The number of nitrogens with two attached hydrogens (primary N) is 1. The van der Waals surface area contributed by atoms with Gasteiger partial charge in [-0.15, -0.1) is 5.10 Å². The van der Waals surface area contributed by atoms with E-state index in [1.165, 1.54) is 0 Å². The number of hydrogen-bond acceptors (Lipinski definition) is 5. The standard InChI is InChI=1S/C13H15N5O/c1-18(2)11-6-5-9(14)8-10(11)13(19)16-12-4-3-7-15-17-12/h3-8H,14H2,1-2H3,(H,16,17,19). The van der Waals surface area contributed by atoms with Crippen LogP contribution in [0.2, 0.25) is 0 Å². The van der Waals surface area contributed by atoms with Gasteiger partial charge in [-0.1, -0.05) is 0 Å². The van der Waals surface area contributed by atoms with Crippen molar-refractivity contribution in [2.75, 3.05) is 30.0 Å². The second-order valence-corrected chi connectivity index (χ2v) is 4.23. The molecule has 0 radical (unpaired) electrons. The van der Waals surface area contributed by atoms with Crippen molar-refractivity contribution >= 4 is 23.1 Å². The monoisotopic (exact) mass is 257 g/mol. The number of nitrogens with one attached hydrogen (secondary N) is 1. The summed E-state index contributed by atoms with van der Waals surface area (Å²) in [6.45, 7) is 0. The summed E-state index contributed by atoms with van der Waals surface area (Å²) < 4.78 is 0. The van der Waals surface area contributed by atoms with Crippen LogP contribution in [0.1, 0.15) is 10.4 Å². The summed E-state index contributed by atoms with van der Waals surface area (Å²) in [6, 6.07) is 8.58. The van der Waals surface area contributed by atoms with Gasteiger partial charge >= 0.3 is 0 Å². The number of benzene rings is 1. The number of hydrogen-bond donors (Lipinski definition) is 2. The second kappa shape index (κ2) is 5.34. The number of nitrogen functional groups attached to an aromatic ring is 1. The fourth-order valence-electron chi connectivity index (χ4n) is 1.68. The molecule has 0 saturated carbocycles. The van der Waals surface area contributed by atoms with Crippen LogP contribution in [0.4, 0.5) is 17.2 Å². The molecule has 0 aliphatic carbocycles. The molecule has 0 bridgehead atoms. The number of carbonyl (C=O) groups excluding carboxylic acids is 1. The Hall–Kier alpha value is -2.63. The molecule has 0 aliphatic heterocycles. The molecule has 3 N–H and O–H groups in total. The SMILES string of the molecule is CN(C)c1ccc(N)cc1C(=O)Nc1cccnn1. The molecule has 0 fully saturated rings. The Morgan fingerprint density at radius 1 is 1.32 bits per heavy atom. The summed E-state index contributed by atoms with van der Waals surface area (Å²) >= 11 is 0. The Labute approximate surface area is 111 Å². The Morgan fingerprint density at radius 3 is 2.74 bits per heavy atom. The molecule has 19 heavy (non-hydrogen) atoms. The Bertz CT molecular complexity index is 583. The van der Waals surface area contributed by atoms with Crippen molar-refractivity contribution in [3.05, 3.63) is 42.1 Å². The molecular formula is C13H15N5O. The maximum absolute atomic E-state index is 12.2. The van der Waals surface area contributed by atoms with E-state index in [0.717, 1.165) is 5.69 Å². The predicted octanol–water partition coefficient (Wildman–Crippen LogP) is 1.38. The molecule has 1 aromatic carbocycles. The minimum atomic E-state index is -0.267. The van der Waals surface area contributed by atoms with E-state index in [0.29, 0.717) is 17.1 Å². The number of anilines is 3. The highest BCUT2D eigenvalue weighted by atomic mass is 16.1. The Kier molecular flexibility index (Phi) is 3.61. The zero-order valence-electron chi connectivity index (χ0n) is 10.8. The minimum absolute atomic E-state index is 0.267. The molecule has 2 rings (SSSR count). The number of carbonyl (C=O) groups is 1. The third-order valence-corrected chi connectivity index (χ3v) is 2.56. The lowest BCUT2D eigenvalue weighted by molar-refractivity contribution is 0.102. The minimum Gasteiger partial charge on any atom is -0.399 e. The van der Waals surface area contributed by atoms with Gasteiger partial charge in [0, 0.05) is 31.7 Å². The van der Waals surface area contributed by atoms with Gasteiger partial charge in [-0.25, -0.2) is 0 Å². The smallest absolute Gasteiger partial charge is 0.259 e. The van der Waals surface area contributed by atoms with Crippen LogP contribution in [-0.4, -0.2) is 30.2 Å². The van der Waals surface area contributed by atoms with Crippen LogP contribution in [0.25, 0.3) is 0 Å². The highest BCUT2D eigenvalue weighted by molar-refractivity contribution is 6.08. The summed E-state index contributed by atoms with van der Waals surface area (Å²) in [5, 5.41) is 10.2. The van der Waals surface area contributed by atoms with Gasteiger partial charge < -0.3 is 16.0 Å². The predicted molar refractivity (Wildman–Crippen MR) is 75.2 cm³/mol. The van der Waals surface area contributed by atoms with Crippen LogP contribution < -0.4 is 16.0 Å². The maximum Gasteiger partial charge on any atom is 0.259 e. The van der Waals surface area contributed by atoms with Crippen LogP contribution in [0.5, 0.6) is 0 Å². The first-order valence-electron chi connectivity index (χ1n) is 5.74. The Morgan fingerprint density at radius 2 is 2.11 bits per heavy atom. The van der Waals surface area contributed by atoms with Crippen molar-refractivity contribution in [1.29, 1.82) is 0 Å². The summed E-state index contributed by atoms with van der Waals surface area (Å²) in [6.07, 6.45) is 1.54. The fourth-order valence-corrected chi connectivity index (χ4v) is 1.68. The molecule has 0 unspecified atom stereocenters. The van der Waals surface area contributed by atoms with Crippen LogP contribution in [0, 0.1) is 0 Å². The van der Waals surface area contributed by atoms with Crippen molar-refractivity contribution in [1.82, 2.24) is 10.2 Å². The Balaban J connectivity index is 2.30. The molecule has 0 aliphatic rings. The van der Waals surface area contributed by atoms with Crippen molar-refractivity contribution in [3.8, 4) is 0 Å². The van der Waals surface area contributed by atoms with E-state index < -0.39 is 0 Å². The number of amides is 1. The van der Waals surface area contributed by atoms with Crippen LogP contribution in [-0.2, 0) is 0 Å². The molecular weight excluding hydrogens is 242 g/mol. The third kappa shape index (κ3) is 2.98. The summed E-state index contributed by atoms with van der Waals surface area (Å²) in [5.41, 5.74) is 7.55. The third-order valence-electron chi connectivity index (χ3n) is 2.56. The van der Waals surface area contributed by atoms with Crippen LogP contribution in [0.3, 0.4) is 0 Å². The topological polar surface area (TPSA) is 84.1 Å². The van der Waals surface area contributed by atoms with Gasteiger partial charge in [0.2, 0.25) is 0 Å². The molecule has 1 heterocycles. The average Bonchev–Trinajstić information content (AvgIpc) is 2.39. The summed E-state index contributed by atoms with van der Waals surface area (Å²) in [4.78, 5) is 14.1. The molecule has 6 heteroatoms. The maximum atomic E-state index is 12.2. The molecule has 1 aromatic heterocycles. The van der Waals surface area contributed by atoms with Gasteiger partial charge in [-0.2, -0.15) is 5.10 Å². The molecule has 0 spiro atoms. The van der Waals surface area contributed by atoms with E-state index in [9.17, 15) is 4.79 Å². The first kappa shape index (κ1) is 12.8. The highest BCUT2D eigenvalue weighted by Crippen LogP contribution is 2.22. The zero-order chi connectivity index (χ0) is 13.8. The quantitative estimate of drug-likeness (QED) is 0.811. The molecule has 98 valence electrons. The van der Waals surface area contributed by atoms with E-state index in [2.05, 4.69) is 15.5 Å². The van der Waals surface area contributed by atoms with E-state index in [-0.39, 0.29) is 5.91 Å². The van der Waals surface area contributed by atoms with Crippen molar-refractivity contribution < 1.29 is 4.79 Å². The van der Waals surface area contributed by atoms with Crippen molar-refractivity contribution in [2.24, 2.45) is 0 Å². The molecule has 0 saturated heterocycles. The van der Waals surface area contributed by atoms with Crippen molar-refractivity contribution in [2.45, 2.75) is 0 Å². The molecule has 6 nitrogen and oxygen atoms in total. The lowest BCUT2D eigenvalue weighted by atomic mass is 10.1. The average molecular weight is 257 g/mol. The highest BCUT2D eigenvalue weighted by Gasteiger charge is 2.14. The second-order valence-electron chi connectivity index (χ2n) is 4.23. The number of nitrogens with zero attached hydrogens (tertiary/aromatic N) is 3. The van der Waals surface area contributed by atoms with E-state index >= 15 is 0 Å². The van der Waals surface area contributed by atoms with Gasteiger partial charge in [-0.3, -0.25) is 4.79 Å². The molecule has 2 aromatic rings. The van der Waals surface area contributed by atoms with E-state index in [1.54, 1.807) is 36.5 Å². The van der Waals surface area contributed by atoms with Crippen molar-refractivity contribution in [3.63, 3.8) is 0 Å². The van der Waals surface area contributed by atoms with Gasteiger partial charge in [0.05, 0.1) is 5.56 Å².